The zero-order valence-corrected chi connectivity index (χ0v) is 12.6. The van der Waals surface area contributed by atoms with Crippen molar-refractivity contribution in [3.05, 3.63) is 21.7 Å². The number of halogens is 1. The van der Waals surface area contributed by atoms with Crippen LogP contribution in [0.3, 0.4) is 0 Å². The average Bonchev–Trinajstić information content (AvgIpc) is 2.41. The topological polar surface area (TPSA) is 17.8 Å². The Morgan fingerprint density at radius 3 is 2.25 bits per heavy atom. The van der Waals surface area contributed by atoms with Gasteiger partial charge in [-0.1, -0.05) is 29.8 Å². The number of aryl methyl sites for hydroxylation is 2. The van der Waals surface area contributed by atoms with E-state index < -0.39 is 0 Å². The number of aromatic nitrogens is 2. The third-order valence-electron chi connectivity index (χ3n) is 2.65. The van der Waals surface area contributed by atoms with Crippen LogP contribution in [0.4, 0.5) is 0 Å². The molecular formula is C13H21BrN2. The van der Waals surface area contributed by atoms with Crippen LogP contribution >= 0.6 is 15.9 Å². The van der Waals surface area contributed by atoms with E-state index in [0.717, 1.165) is 11.5 Å². The van der Waals surface area contributed by atoms with Gasteiger partial charge in [-0.15, -0.1) is 0 Å². The minimum Gasteiger partial charge on any atom is -0.326 e. The lowest BCUT2D eigenvalue weighted by Crippen LogP contribution is -2.05. The molecule has 0 fully saturated rings. The molecular weight excluding hydrogens is 264 g/mol. The van der Waals surface area contributed by atoms with E-state index in [2.05, 4.69) is 73.1 Å². The zero-order valence-electron chi connectivity index (χ0n) is 11.0. The predicted molar refractivity (Wildman–Crippen MR) is 73.8 cm³/mol. The van der Waals surface area contributed by atoms with E-state index in [1.807, 2.05) is 0 Å². The van der Waals surface area contributed by atoms with Crippen LogP contribution in [0.2, 0.25) is 0 Å². The van der Waals surface area contributed by atoms with Crippen LogP contribution in [0.25, 0.3) is 6.08 Å². The van der Waals surface area contributed by atoms with Crippen molar-refractivity contribution in [3.63, 3.8) is 0 Å². The highest BCUT2D eigenvalue weighted by atomic mass is 79.9. The molecule has 0 saturated carbocycles. The summed E-state index contributed by atoms with van der Waals surface area (Å²) in [7, 11) is 0. The molecule has 1 aromatic rings. The Hall–Kier alpha value is -0.570. The first kappa shape index (κ1) is 13.5. The Morgan fingerprint density at radius 2 is 1.81 bits per heavy atom. The van der Waals surface area contributed by atoms with Gasteiger partial charge in [0.25, 0.3) is 0 Å². The van der Waals surface area contributed by atoms with Gasteiger partial charge in [0.2, 0.25) is 0 Å². The summed E-state index contributed by atoms with van der Waals surface area (Å²) < 4.78 is 3.50. The second kappa shape index (κ2) is 5.17. The molecule has 0 spiro atoms. The van der Waals surface area contributed by atoms with Crippen molar-refractivity contribution in [1.29, 1.82) is 0 Å². The first-order valence-electron chi connectivity index (χ1n) is 5.77. The number of hydrogen-bond acceptors (Lipinski definition) is 1. The molecule has 0 aromatic carbocycles. The van der Waals surface area contributed by atoms with Gasteiger partial charge in [-0.2, -0.15) is 0 Å². The lowest BCUT2D eigenvalue weighted by atomic mass is 10.2. The van der Waals surface area contributed by atoms with Crippen molar-refractivity contribution in [2.45, 2.75) is 47.6 Å². The summed E-state index contributed by atoms with van der Waals surface area (Å²) in [5.74, 6) is 1.60. The molecule has 0 aliphatic heterocycles. The van der Waals surface area contributed by atoms with Crippen molar-refractivity contribution in [2.24, 2.45) is 5.92 Å². The maximum absolute atomic E-state index is 4.54. The third kappa shape index (κ3) is 2.76. The van der Waals surface area contributed by atoms with Crippen LogP contribution in [-0.4, -0.2) is 9.55 Å². The minimum atomic E-state index is 0.444. The highest BCUT2D eigenvalue weighted by molar-refractivity contribution is 9.11. The molecule has 0 radical (unpaired) electrons. The SMILES string of the molecule is Cc1nc(C)n(C(C)C)c1/C=C(/Br)C(C)C. The second-order valence-corrected chi connectivity index (χ2v) is 5.69. The molecule has 1 aromatic heterocycles. The van der Waals surface area contributed by atoms with Gasteiger partial charge in [-0.05, 0) is 44.2 Å². The largest absolute Gasteiger partial charge is 0.326 e. The highest BCUT2D eigenvalue weighted by Crippen LogP contribution is 2.25. The van der Waals surface area contributed by atoms with Gasteiger partial charge < -0.3 is 4.57 Å². The first-order valence-corrected chi connectivity index (χ1v) is 6.56. The molecule has 0 N–H and O–H groups in total. The molecule has 0 bridgehead atoms. The van der Waals surface area contributed by atoms with Gasteiger partial charge in [0.15, 0.2) is 0 Å². The molecule has 0 aliphatic carbocycles. The summed E-state index contributed by atoms with van der Waals surface area (Å²) in [6.07, 6.45) is 2.19. The zero-order chi connectivity index (χ0) is 12.5. The summed E-state index contributed by atoms with van der Waals surface area (Å²) >= 11 is 3.63. The number of hydrogen-bond donors (Lipinski definition) is 0. The fraction of sp³-hybridized carbons (Fsp3) is 0.615. The van der Waals surface area contributed by atoms with Crippen LogP contribution in [0, 0.1) is 19.8 Å². The quantitative estimate of drug-likeness (QED) is 0.801. The Morgan fingerprint density at radius 1 is 1.25 bits per heavy atom. The first-order chi connectivity index (χ1) is 7.34. The van der Waals surface area contributed by atoms with Crippen LogP contribution < -0.4 is 0 Å². The number of imidazole rings is 1. The van der Waals surface area contributed by atoms with E-state index in [-0.39, 0.29) is 0 Å². The molecule has 3 heteroatoms. The Kier molecular flexibility index (Phi) is 4.36. The van der Waals surface area contributed by atoms with Crippen molar-refractivity contribution in [2.75, 3.05) is 0 Å². The van der Waals surface area contributed by atoms with Gasteiger partial charge in [0.1, 0.15) is 5.82 Å². The molecule has 90 valence electrons. The summed E-state index contributed by atoms with van der Waals surface area (Å²) in [5.41, 5.74) is 2.32. The van der Waals surface area contributed by atoms with E-state index in [0.29, 0.717) is 12.0 Å². The second-order valence-electron chi connectivity index (χ2n) is 4.78. The smallest absolute Gasteiger partial charge is 0.106 e. The predicted octanol–water partition coefficient (Wildman–Crippen LogP) is 4.47. The van der Waals surface area contributed by atoms with Crippen LogP contribution in [-0.2, 0) is 0 Å². The van der Waals surface area contributed by atoms with Crippen LogP contribution in [0.1, 0.15) is 50.9 Å². The number of rotatable bonds is 3. The Labute approximate surface area is 107 Å². The number of allylic oxidation sites excluding steroid dienone is 1. The van der Waals surface area contributed by atoms with E-state index >= 15 is 0 Å². The van der Waals surface area contributed by atoms with E-state index in [9.17, 15) is 0 Å². The van der Waals surface area contributed by atoms with Crippen molar-refractivity contribution in [1.82, 2.24) is 9.55 Å². The van der Waals surface area contributed by atoms with Gasteiger partial charge in [-0.3, -0.25) is 0 Å². The maximum atomic E-state index is 4.54. The van der Waals surface area contributed by atoms with Crippen molar-refractivity contribution < 1.29 is 0 Å². The Balaban J connectivity index is 3.27. The van der Waals surface area contributed by atoms with Gasteiger partial charge >= 0.3 is 0 Å². The fourth-order valence-electron chi connectivity index (χ4n) is 1.83. The third-order valence-corrected chi connectivity index (χ3v) is 3.80. The van der Waals surface area contributed by atoms with Gasteiger partial charge in [-0.25, -0.2) is 4.98 Å². The Bertz CT molecular complexity index is 400. The van der Waals surface area contributed by atoms with E-state index in [4.69, 9.17) is 0 Å². The van der Waals surface area contributed by atoms with Crippen LogP contribution in [0.15, 0.2) is 4.48 Å². The summed E-state index contributed by atoms with van der Waals surface area (Å²) in [5, 5.41) is 0. The lowest BCUT2D eigenvalue weighted by molar-refractivity contribution is 0.578. The van der Waals surface area contributed by atoms with Gasteiger partial charge in [0.05, 0.1) is 11.4 Å². The normalized spacial score (nSPS) is 12.9. The molecule has 2 nitrogen and oxygen atoms in total. The van der Waals surface area contributed by atoms with E-state index in [1.54, 1.807) is 0 Å². The molecule has 1 heterocycles. The number of nitrogens with zero attached hydrogens (tertiary/aromatic N) is 2. The molecule has 0 saturated heterocycles. The molecule has 0 amide bonds. The molecule has 16 heavy (non-hydrogen) atoms. The highest BCUT2D eigenvalue weighted by Gasteiger charge is 2.13. The lowest BCUT2D eigenvalue weighted by Gasteiger charge is -2.13. The molecule has 0 unspecified atom stereocenters. The minimum absolute atomic E-state index is 0.444. The van der Waals surface area contributed by atoms with Gasteiger partial charge in [0, 0.05) is 6.04 Å². The maximum Gasteiger partial charge on any atom is 0.106 e. The fourth-order valence-corrected chi connectivity index (χ4v) is 2.04. The standard InChI is InChI=1S/C13H21BrN2/c1-8(2)12(14)7-13-10(5)15-11(6)16(13)9(3)4/h7-9H,1-6H3/b12-7+. The summed E-state index contributed by atoms with van der Waals surface area (Å²) in [6, 6.07) is 0.444. The molecule has 0 atom stereocenters. The van der Waals surface area contributed by atoms with Crippen molar-refractivity contribution >= 4 is 22.0 Å². The molecule has 0 aliphatic rings. The summed E-state index contributed by atoms with van der Waals surface area (Å²) in [4.78, 5) is 4.54. The van der Waals surface area contributed by atoms with E-state index in [1.165, 1.54) is 10.2 Å². The monoisotopic (exact) mass is 284 g/mol. The van der Waals surface area contributed by atoms with Crippen LogP contribution in [0.5, 0.6) is 0 Å². The van der Waals surface area contributed by atoms with Crippen molar-refractivity contribution in [3.8, 4) is 0 Å². The molecule has 1 rings (SSSR count). The summed E-state index contributed by atoms with van der Waals surface area (Å²) in [6.45, 7) is 12.9. The average molecular weight is 285 g/mol.